The van der Waals surface area contributed by atoms with Crippen LogP contribution in [-0.2, 0) is 6.42 Å². The Bertz CT molecular complexity index is 600. The zero-order valence-electron chi connectivity index (χ0n) is 13.1. The largest absolute Gasteiger partial charge is 0.356 e. The van der Waals surface area contributed by atoms with E-state index in [9.17, 15) is 0 Å². The van der Waals surface area contributed by atoms with Crippen molar-refractivity contribution >= 4 is 5.95 Å². The number of anilines is 1. The number of unbranched alkanes of at least 4 members (excludes halogenated alkanes) is 1. The van der Waals surface area contributed by atoms with E-state index in [1.165, 1.54) is 43.2 Å². The van der Waals surface area contributed by atoms with Gasteiger partial charge in [0.2, 0.25) is 5.95 Å². The number of hydrogen-bond donors (Lipinski definition) is 1. The van der Waals surface area contributed by atoms with E-state index in [1.807, 2.05) is 0 Å². The molecule has 1 aliphatic rings. The Kier molecular flexibility index (Phi) is 4.28. The third kappa shape index (κ3) is 2.97. The molecule has 1 aromatic heterocycles. The van der Waals surface area contributed by atoms with Crippen molar-refractivity contribution in [3.05, 3.63) is 47.3 Å². The Hall–Kier alpha value is -1.77. The van der Waals surface area contributed by atoms with Crippen LogP contribution in [0.5, 0.6) is 0 Å². The lowest BCUT2D eigenvalue weighted by Gasteiger charge is -2.28. The molecule has 21 heavy (non-hydrogen) atoms. The number of rotatable bonds is 5. The van der Waals surface area contributed by atoms with E-state index in [0.29, 0.717) is 6.04 Å². The summed E-state index contributed by atoms with van der Waals surface area (Å²) in [5, 5.41) is 3.51. The predicted molar refractivity (Wildman–Crippen MR) is 87.9 cm³/mol. The summed E-state index contributed by atoms with van der Waals surface area (Å²) < 4.78 is 2.35. The second kappa shape index (κ2) is 6.33. The second-order valence-corrected chi connectivity index (χ2v) is 6.00. The first kappa shape index (κ1) is 14.2. The smallest absolute Gasteiger partial charge is 0.203 e. The number of benzene rings is 1. The van der Waals surface area contributed by atoms with Crippen LogP contribution in [0.1, 0.15) is 55.5 Å². The first-order chi connectivity index (χ1) is 10.3. The predicted octanol–water partition coefficient (Wildman–Crippen LogP) is 4.33. The standard InChI is InChI=1S/C18H25N3/c1-3-4-12-19-18-20-14(2)13-21(18)17-11-7-9-15-8-5-6-10-16(15)17/h5-6,8,10,13,17H,3-4,7,9,11-12H2,1-2H3,(H,19,20). The summed E-state index contributed by atoms with van der Waals surface area (Å²) in [5.74, 6) is 1.03. The highest BCUT2D eigenvalue weighted by Crippen LogP contribution is 2.34. The lowest BCUT2D eigenvalue weighted by molar-refractivity contribution is 0.492. The van der Waals surface area contributed by atoms with Crippen LogP contribution in [0.25, 0.3) is 0 Å². The second-order valence-electron chi connectivity index (χ2n) is 6.00. The summed E-state index contributed by atoms with van der Waals surface area (Å²) in [7, 11) is 0. The Labute approximate surface area is 127 Å². The monoisotopic (exact) mass is 283 g/mol. The first-order valence-corrected chi connectivity index (χ1v) is 8.16. The Balaban J connectivity index is 1.90. The van der Waals surface area contributed by atoms with Crippen LogP contribution in [0.3, 0.4) is 0 Å². The molecule has 0 amide bonds. The SMILES string of the molecule is CCCCNc1nc(C)cn1C1CCCc2ccccc21. The molecule has 0 spiro atoms. The summed E-state index contributed by atoms with van der Waals surface area (Å²) in [6, 6.07) is 9.30. The molecular formula is C18H25N3. The van der Waals surface area contributed by atoms with E-state index in [-0.39, 0.29) is 0 Å². The van der Waals surface area contributed by atoms with E-state index in [2.05, 4.69) is 59.2 Å². The summed E-state index contributed by atoms with van der Waals surface area (Å²) in [6.45, 7) is 5.30. The van der Waals surface area contributed by atoms with E-state index in [0.717, 1.165) is 18.2 Å². The van der Waals surface area contributed by atoms with Crippen molar-refractivity contribution < 1.29 is 0 Å². The number of hydrogen-bond acceptors (Lipinski definition) is 2. The summed E-state index contributed by atoms with van der Waals surface area (Å²) in [5.41, 5.74) is 4.07. The minimum atomic E-state index is 0.431. The number of aryl methyl sites for hydroxylation is 2. The van der Waals surface area contributed by atoms with Gasteiger partial charge in [0, 0.05) is 12.7 Å². The lowest BCUT2D eigenvalue weighted by atomic mass is 9.87. The quantitative estimate of drug-likeness (QED) is 0.828. The summed E-state index contributed by atoms with van der Waals surface area (Å²) in [4.78, 5) is 4.68. The molecule has 0 saturated carbocycles. The zero-order chi connectivity index (χ0) is 14.7. The van der Waals surface area contributed by atoms with Gasteiger partial charge in [-0.1, -0.05) is 37.6 Å². The fourth-order valence-corrected chi connectivity index (χ4v) is 3.28. The van der Waals surface area contributed by atoms with Crippen LogP contribution < -0.4 is 5.32 Å². The molecule has 0 radical (unpaired) electrons. The molecule has 1 aliphatic carbocycles. The highest BCUT2D eigenvalue weighted by atomic mass is 15.2. The number of aromatic nitrogens is 2. The van der Waals surface area contributed by atoms with Crippen LogP contribution in [0.15, 0.2) is 30.5 Å². The lowest BCUT2D eigenvalue weighted by Crippen LogP contribution is -2.19. The van der Waals surface area contributed by atoms with Crippen LogP contribution in [0.2, 0.25) is 0 Å². The molecule has 3 rings (SSSR count). The fraction of sp³-hybridized carbons (Fsp3) is 0.500. The van der Waals surface area contributed by atoms with Crippen molar-refractivity contribution in [2.45, 2.75) is 52.0 Å². The number of nitrogens with one attached hydrogen (secondary N) is 1. The topological polar surface area (TPSA) is 29.9 Å². The first-order valence-electron chi connectivity index (χ1n) is 8.16. The van der Waals surface area contributed by atoms with Gasteiger partial charge in [-0.05, 0) is 43.7 Å². The van der Waals surface area contributed by atoms with Crippen LogP contribution in [0.4, 0.5) is 5.95 Å². The maximum absolute atomic E-state index is 4.68. The van der Waals surface area contributed by atoms with Gasteiger partial charge in [-0.15, -0.1) is 0 Å². The van der Waals surface area contributed by atoms with Crippen LogP contribution >= 0.6 is 0 Å². The number of nitrogens with zero attached hydrogens (tertiary/aromatic N) is 2. The van der Waals surface area contributed by atoms with Gasteiger partial charge in [0.1, 0.15) is 0 Å². The molecule has 2 aromatic rings. The summed E-state index contributed by atoms with van der Waals surface area (Å²) in [6.07, 6.45) is 8.26. The average molecular weight is 283 g/mol. The van der Waals surface area contributed by atoms with E-state index in [4.69, 9.17) is 0 Å². The fourth-order valence-electron chi connectivity index (χ4n) is 3.28. The van der Waals surface area contributed by atoms with Crippen LogP contribution in [0, 0.1) is 6.92 Å². The third-order valence-corrected chi connectivity index (χ3v) is 4.34. The molecule has 1 aromatic carbocycles. The van der Waals surface area contributed by atoms with Gasteiger partial charge in [-0.2, -0.15) is 0 Å². The van der Waals surface area contributed by atoms with Crippen molar-refractivity contribution in [3.8, 4) is 0 Å². The number of fused-ring (bicyclic) bond motifs is 1. The van der Waals surface area contributed by atoms with Gasteiger partial charge in [0.15, 0.2) is 0 Å². The molecule has 1 unspecified atom stereocenters. The maximum atomic E-state index is 4.68. The maximum Gasteiger partial charge on any atom is 0.203 e. The minimum absolute atomic E-state index is 0.431. The van der Waals surface area contributed by atoms with Gasteiger partial charge in [-0.25, -0.2) is 4.98 Å². The highest BCUT2D eigenvalue weighted by molar-refractivity contribution is 5.37. The normalized spacial score (nSPS) is 17.5. The molecule has 0 fully saturated rings. The molecule has 1 N–H and O–H groups in total. The van der Waals surface area contributed by atoms with Crippen molar-refractivity contribution in [1.82, 2.24) is 9.55 Å². The molecular weight excluding hydrogens is 258 g/mol. The van der Waals surface area contributed by atoms with Gasteiger partial charge in [-0.3, -0.25) is 0 Å². The molecule has 112 valence electrons. The van der Waals surface area contributed by atoms with Gasteiger partial charge in [0.05, 0.1) is 11.7 Å². The molecule has 1 atom stereocenters. The summed E-state index contributed by atoms with van der Waals surface area (Å²) >= 11 is 0. The third-order valence-electron chi connectivity index (χ3n) is 4.34. The average Bonchev–Trinajstić information content (AvgIpc) is 2.88. The van der Waals surface area contributed by atoms with Gasteiger partial charge >= 0.3 is 0 Å². The molecule has 3 nitrogen and oxygen atoms in total. The van der Waals surface area contributed by atoms with Crippen molar-refractivity contribution in [1.29, 1.82) is 0 Å². The van der Waals surface area contributed by atoms with Crippen molar-refractivity contribution in [2.24, 2.45) is 0 Å². The Morgan fingerprint density at radius 2 is 2.19 bits per heavy atom. The molecule has 0 saturated heterocycles. The van der Waals surface area contributed by atoms with Gasteiger partial charge in [0.25, 0.3) is 0 Å². The van der Waals surface area contributed by atoms with Crippen LogP contribution in [-0.4, -0.2) is 16.1 Å². The Morgan fingerprint density at radius 3 is 3.05 bits per heavy atom. The highest BCUT2D eigenvalue weighted by Gasteiger charge is 2.23. The molecule has 0 aliphatic heterocycles. The van der Waals surface area contributed by atoms with E-state index >= 15 is 0 Å². The van der Waals surface area contributed by atoms with E-state index in [1.54, 1.807) is 0 Å². The minimum Gasteiger partial charge on any atom is -0.356 e. The molecule has 1 heterocycles. The Morgan fingerprint density at radius 1 is 1.33 bits per heavy atom. The van der Waals surface area contributed by atoms with Crippen molar-refractivity contribution in [2.75, 3.05) is 11.9 Å². The molecule has 3 heteroatoms. The molecule has 0 bridgehead atoms. The van der Waals surface area contributed by atoms with Gasteiger partial charge < -0.3 is 9.88 Å². The number of imidazole rings is 1. The van der Waals surface area contributed by atoms with Crippen molar-refractivity contribution in [3.63, 3.8) is 0 Å². The van der Waals surface area contributed by atoms with E-state index < -0.39 is 0 Å². The zero-order valence-corrected chi connectivity index (χ0v) is 13.1.